The fourth-order valence-corrected chi connectivity index (χ4v) is 6.95. The highest BCUT2D eigenvalue weighted by molar-refractivity contribution is 5.82. The smallest absolute Gasteiger partial charge is 0.238 e. The van der Waals surface area contributed by atoms with Crippen molar-refractivity contribution >= 4 is 17.7 Å². The van der Waals surface area contributed by atoms with Crippen LogP contribution in [0.15, 0.2) is 0 Å². The number of carbonyl (C=O) groups excluding carboxylic acids is 3. The Balaban J connectivity index is 1.22. The number of hydrogen-bond donors (Lipinski definition) is 1. The lowest BCUT2D eigenvalue weighted by molar-refractivity contribution is -0.155. The van der Waals surface area contributed by atoms with Crippen LogP contribution in [0.5, 0.6) is 0 Å². The summed E-state index contributed by atoms with van der Waals surface area (Å²) in [6.07, 6.45) is 8.55. The van der Waals surface area contributed by atoms with Crippen molar-refractivity contribution in [1.29, 1.82) is 0 Å². The molecule has 5 fully saturated rings. The summed E-state index contributed by atoms with van der Waals surface area (Å²) in [6, 6.07) is 0.379. The molecule has 5 rings (SSSR count). The summed E-state index contributed by atoms with van der Waals surface area (Å²) in [4.78, 5) is 44.6. The monoisotopic (exact) mass is 459 g/mol. The van der Waals surface area contributed by atoms with Crippen molar-refractivity contribution in [3.8, 4) is 0 Å². The zero-order valence-electron chi connectivity index (χ0n) is 20.4. The SMILES string of the molecule is CC(=O)N1C2CCC(C3CNN(CC(=O)N4CCCCC4)C3)CC2N(C(=O)C2CC2)C[C@@H]1C. The van der Waals surface area contributed by atoms with E-state index >= 15 is 0 Å². The van der Waals surface area contributed by atoms with Gasteiger partial charge in [-0.1, -0.05) is 0 Å². The Bertz CT molecular complexity index is 765. The molecule has 3 amide bonds. The highest BCUT2D eigenvalue weighted by Crippen LogP contribution is 2.42. The molecule has 0 aromatic rings. The maximum Gasteiger partial charge on any atom is 0.238 e. The van der Waals surface area contributed by atoms with Gasteiger partial charge in [-0.3, -0.25) is 19.8 Å². The molecule has 33 heavy (non-hydrogen) atoms. The van der Waals surface area contributed by atoms with E-state index in [1.54, 1.807) is 6.92 Å². The number of hydrazine groups is 1. The number of fused-ring (bicyclic) bond motifs is 1. The average Bonchev–Trinajstić information content (AvgIpc) is 3.56. The van der Waals surface area contributed by atoms with Gasteiger partial charge in [-0.25, -0.2) is 5.01 Å². The Morgan fingerprint density at radius 1 is 0.909 bits per heavy atom. The molecule has 0 spiro atoms. The molecular weight excluding hydrogens is 418 g/mol. The van der Waals surface area contributed by atoms with Crippen LogP contribution in [0, 0.1) is 17.8 Å². The van der Waals surface area contributed by atoms with Crippen LogP contribution in [0.1, 0.15) is 65.2 Å². The normalized spacial score (nSPS) is 35.5. The summed E-state index contributed by atoms with van der Waals surface area (Å²) in [5.41, 5.74) is 3.48. The van der Waals surface area contributed by atoms with E-state index in [1.807, 2.05) is 4.90 Å². The van der Waals surface area contributed by atoms with Crippen LogP contribution in [0.25, 0.3) is 0 Å². The van der Waals surface area contributed by atoms with Crippen molar-refractivity contribution in [3.05, 3.63) is 0 Å². The van der Waals surface area contributed by atoms with E-state index in [-0.39, 0.29) is 35.9 Å². The second-order valence-corrected chi connectivity index (χ2v) is 11.2. The van der Waals surface area contributed by atoms with Gasteiger partial charge >= 0.3 is 0 Å². The molecule has 3 aliphatic heterocycles. The van der Waals surface area contributed by atoms with Gasteiger partial charge in [0.1, 0.15) is 0 Å². The standard InChI is InChI=1S/C25H41N5O3/c1-17-14-29(25(33)19-6-7-19)23-12-20(8-9-22(23)30(17)18(2)31)21-13-26-28(15-21)16-24(32)27-10-4-3-5-11-27/h17,19-23,26H,3-16H2,1-2H3/t17-,20?,21?,22?,23?/m0/s1. The molecule has 3 heterocycles. The maximum atomic E-state index is 13.1. The van der Waals surface area contributed by atoms with Gasteiger partial charge in [0.25, 0.3) is 0 Å². The van der Waals surface area contributed by atoms with Crippen LogP contribution in [0.3, 0.4) is 0 Å². The third-order valence-corrected chi connectivity index (χ3v) is 8.82. The molecule has 8 nitrogen and oxygen atoms in total. The van der Waals surface area contributed by atoms with Crippen molar-refractivity contribution in [3.63, 3.8) is 0 Å². The number of nitrogens with zero attached hydrogens (tertiary/aromatic N) is 4. The lowest BCUT2D eigenvalue weighted by Gasteiger charge is -2.54. The minimum atomic E-state index is 0.0902. The van der Waals surface area contributed by atoms with E-state index in [1.165, 1.54) is 6.42 Å². The molecule has 2 aliphatic carbocycles. The number of carbonyl (C=O) groups is 3. The van der Waals surface area contributed by atoms with E-state index in [2.05, 4.69) is 27.2 Å². The summed E-state index contributed by atoms with van der Waals surface area (Å²) < 4.78 is 0. The highest BCUT2D eigenvalue weighted by atomic mass is 16.2. The molecule has 5 atom stereocenters. The van der Waals surface area contributed by atoms with Gasteiger partial charge in [0.2, 0.25) is 17.7 Å². The number of piperidine rings is 1. The minimum absolute atomic E-state index is 0.0902. The minimum Gasteiger partial charge on any atom is -0.342 e. The molecule has 8 heteroatoms. The molecule has 0 radical (unpaired) electrons. The fraction of sp³-hybridized carbons (Fsp3) is 0.880. The maximum absolute atomic E-state index is 13.1. The molecule has 2 saturated carbocycles. The lowest BCUT2D eigenvalue weighted by Crippen LogP contribution is -2.67. The predicted octanol–water partition coefficient (Wildman–Crippen LogP) is 1.46. The second-order valence-electron chi connectivity index (χ2n) is 11.2. The van der Waals surface area contributed by atoms with E-state index in [0.29, 0.717) is 30.8 Å². The van der Waals surface area contributed by atoms with Crippen molar-refractivity contribution < 1.29 is 14.4 Å². The molecule has 0 aromatic carbocycles. The number of nitrogens with one attached hydrogen (secondary N) is 1. The van der Waals surface area contributed by atoms with E-state index in [0.717, 1.165) is 71.1 Å². The first kappa shape index (κ1) is 23.1. The van der Waals surface area contributed by atoms with Crippen LogP contribution in [0.2, 0.25) is 0 Å². The summed E-state index contributed by atoms with van der Waals surface area (Å²) in [7, 11) is 0. The highest BCUT2D eigenvalue weighted by Gasteiger charge is 2.49. The van der Waals surface area contributed by atoms with Gasteiger partial charge in [0, 0.05) is 51.6 Å². The first-order valence-electron chi connectivity index (χ1n) is 13.3. The van der Waals surface area contributed by atoms with Crippen molar-refractivity contribution in [2.45, 2.75) is 83.3 Å². The predicted molar refractivity (Wildman–Crippen MR) is 125 cm³/mol. The second kappa shape index (κ2) is 9.53. The van der Waals surface area contributed by atoms with E-state index in [9.17, 15) is 14.4 Å². The zero-order valence-corrected chi connectivity index (χ0v) is 20.4. The number of hydrogen-bond acceptors (Lipinski definition) is 5. The summed E-state index contributed by atoms with van der Waals surface area (Å²) in [5, 5.41) is 2.12. The number of likely N-dealkylation sites (tertiary alicyclic amines) is 1. The molecule has 3 saturated heterocycles. The first-order chi connectivity index (χ1) is 15.9. The summed E-state index contributed by atoms with van der Waals surface area (Å²) in [5.74, 6) is 1.92. The van der Waals surface area contributed by atoms with Gasteiger partial charge < -0.3 is 14.7 Å². The Morgan fingerprint density at radius 3 is 2.36 bits per heavy atom. The molecule has 0 aromatic heterocycles. The molecule has 184 valence electrons. The molecule has 4 unspecified atom stereocenters. The third kappa shape index (κ3) is 4.78. The number of piperazine rings is 1. The van der Waals surface area contributed by atoms with Gasteiger partial charge in [-0.2, -0.15) is 0 Å². The number of amides is 3. The van der Waals surface area contributed by atoms with E-state index < -0.39 is 0 Å². The third-order valence-electron chi connectivity index (χ3n) is 8.82. The molecule has 1 N–H and O–H groups in total. The Morgan fingerprint density at radius 2 is 1.67 bits per heavy atom. The van der Waals surface area contributed by atoms with Crippen LogP contribution in [-0.4, -0.2) is 94.8 Å². The quantitative estimate of drug-likeness (QED) is 0.689. The zero-order chi connectivity index (χ0) is 23.1. The van der Waals surface area contributed by atoms with Gasteiger partial charge in [0.05, 0.1) is 18.6 Å². The lowest BCUT2D eigenvalue weighted by atomic mass is 9.73. The van der Waals surface area contributed by atoms with Crippen LogP contribution >= 0.6 is 0 Å². The molecule has 5 aliphatic rings. The van der Waals surface area contributed by atoms with Crippen LogP contribution in [0.4, 0.5) is 0 Å². The number of rotatable bonds is 4. The average molecular weight is 460 g/mol. The first-order valence-corrected chi connectivity index (χ1v) is 13.3. The van der Waals surface area contributed by atoms with E-state index in [4.69, 9.17) is 0 Å². The fourth-order valence-electron chi connectivity index (χ4n) is 6.95. The largest absolute Gasteiger partial charge is 0.342 e. The van der Waals surface area contributed by atoms with Gasteiger partial charge in [-0.05, 0) is 70.1 Å². The van der Waals surface area contributed by atoms with Crippen LogP contribution < -0.4 is 5.43 Å². The Kier molecular flexibility index (Phi) is 6.67. The summed E-state index contributed by atoms with van der Waals surface area (Å²) >= 11 is 0. The molecular formula is C25H41N5O3. The van der Waals surface area contributed by atoms with Crippen molar-refractivity contribution in [1.82, 2.24) is 25.1 Å². The Hall–Kier alpha value is -1.67. The van der Waals surface area contributed by atoms with Gasteiger partial charge in [0.15, 0.2) is 0 Å². The van der Waals surface area contributed by atoms with Gasteiger partial charge in [-0.15, -0.1) is 0 Å². The Labute approximate surface area is 198 Å². The van der Waals surface area contributed by atoms with Crippen molar-refractivity contribution in [2.75, 3.05) is 39.3 Å². The molecule has 0 bridgehead atoms. The summed E-state index contributed by atoms with van der Waals surface area (Å²) in [6.45, 7) is 8.49. The van der Waals surface area contributed by atoms with Crippen molar-refractivity contribution in [2.24, 2.45) is 17.8 Å². The topological polar surface area (TPSA) is 76.2 Å². The van der Waals surface area contributed by atoms with Crippen LogP contribution in [-0.2, 0) is 14.4 Å².